The van der Waals surface area contributed by atoms with Crippen molar-refractivity contribution >= 4 is 33.9 Å². The van der Waals surface area contributed by atoms with E-state index in [-0.39, 0.29) is 17.5 Å². The van der Waals surface area contributed by atoms with E-state index >= 15 is 0 Å². The van der Waals surface area contributed by atoms with Crippen LogP contribution in [0.15, 0.2) is 103 Å². The molecule has 0 radical (unpaired) electrons. The van der Waals surface area contributed by atoms with E-state index in [0.29, 0.717) is 0 Å². The van der Waals surface area contributed by atoms with Gasteiger partial charge < -0.3 is 9.47 Å². The molecule has 0 unspecified atom stereocenters. The van der Waals surface area contributed by atoms with Gasteiger partial charge in [0.1, 0.15) is 30.0 Å². The van der Waals surface area contributed by atoms with Crippen molar-refractivity contribution in [2.24, 2.45) is 7.05 Å². The number of aromatic nitrogens is 1. The van der Waals surface area contributed by atoms with Crippen LogP contribution in [0.4, 0.5) is 0 Å². The summed E-state index contributed by atoms with van der Waals surface area (Å²) >= 11 is 0. The van der Waals surface area contributed by atoms with Crippen LogP contribution in [0.25, 0.3) is 33.2 Å². The summed E-state index contributed by atoms with van der Waals surface area (Å²) in [7, 11) is 2.11. The Morgan fingerprint density at radius 3 is 1.91 bits per heavy atom. The van der Waals surface area contributed by atoms with Gasteiger partial charge in [-0.15, -0.1) is 0 Å². The molecule has 0 saturated heterocycles. The number of ether oxygens (including phenoxy) is 2. The molecule has 3 heterocycles. The highest BCUT2D eigenvalue weighted by Gasteiger charge is 2.42. The largest absolute Gasteiger partial charge is 0.458 e. The number of pyridine rings is 1. The molecule has 8 rings (SSSR count). The summed E-state index contributed by atoms with van der Waals surface area (Å²) in [6.07, 6.45) is 2.15. The SMILES string of the molecule is Cc1ccccc1-c1cc(-c2ccc3c4c5c(cc3c2)Oc2ccc(C(C)(C)C)cc2B5c2cc(C(C)(C)C)ccc2O4)cc[n+]1C. The molecule has 6 aromatic rings. The number of fused-ring (bicyclic) bond motifs is 6. The Morgan fingerprint density at radius 1 is 0.617 bits per heavy atom. The molecule has 0 atom stereocenters. The number of hydrogen-bond donors (Lipinski definition) is 0. The molecular formula is C43H41BNO2+. The van der Waals surface area contributed by atoms with E-state index in [0.717, 1.165) is 44.8 Å². The average molecular weight is 615 g/mol. The zero-order chi connectivity index (χ0) is 32.8. The summed E-state index contributed by atoms with van der Waals surface area (Å²) < 4.78 is 15.9. The van der Waals surface area contributed by atoms with Gasteiger partial charge in [0.15, 0.2) is 6.20 Å². The topological polar surface area (TPSA) is 22.3 Å². The smallest absolute Gasteiger partial charge is 0.260 e. The predicted molar refractivity (Wildman–Crippen MR) is 196 cm³/mol. The van der Waals surface area contributed by atoms with E-state index in [9.17, 15) is 0 Å². The maximum Gasteiger partial charge on any atom is 0.260 e. The first-order valence-corrected chi connectivity index (χ1v) is 16.7. The van der Waals surface area contributed by atoms with Crippen molar-refractivity contribution in [3.8, 4) is 45.4 Å². The molecule has 2 aliphatic rings. The van der Waals surface area contributed by atoms with Crippen molar-refractivity contribution in [3.05, 3.63) is 120 Å². The summed E-state index contributed by atoms with van der Waals surface area (Å²) in [6.45, 7) is 15.8. The third kappa shape index (κ3) is 4.85. The number of aryl methyl sites for hydroxylation is 2. The second-order valence-corrected chi connectivity index (χ2v) is 15.4. The molecular weight excluding hydrogens is 573 g/mol. The highest BCUT2D eigenvalue weighted by atomic mass is 16.5. The molecule has 2 aliphatic heterocycles. The third-order valence-corrected chi connectivity index (χ3v) is 10.1. The van der Waals surface area contributed by atoms with E-state index in [2.05, 4.69) is 163 Å². The van der Waals surface area contributed by atoms with Crippen LogP contribution in [0.5, 0.6) is 23.0 Å². The third-order valence-electron chi connectivity index (χ3n) is 10.1. The van der Waals surface area contributed by atoms with Gasteiger partial charge in [0.2, 0.25) is 5.69 Å². The normalized spacial score (nSPS) is 13.4. The molecule has 0 amide bonds. The number of nitrogens with zero attached hydrogens (tertiary/aromatic N) is 1. The Kier molecular flexibility index (Phi) is 6.50. The summed E-state index contributed by atoms with van der Waals surface area (Å²) in [5, 5.41) is 2.20. The van der Waals surface area contributed by atoms with Crippen LogP contribution in [-0.2, 0) is 17.9 Å². The van der Waals surface area contributed by atoms with Crippen LogP contribution in [0.1, 0.15) is 58.2 Å². The van der Waals surface area contributed by atoms with Gasteiger partial charge in [-0.05, 0) is 92.2 Å². The van der Waals surface area contributed by atoms with Gasteiger partial charge in [-0.25, -0.2) is 4.57 Å². The van der Waals surface area contributed by atoms with Crippen molar-refractivity contribution in [3.63, 3.8) is 0 Å². The van der Waals surface area contributed by atoms with Gasteiger partial charge in [0.25, 0.3) is 6.71 Å². The fourth-order valence-electron chi connectivity index (χ4n) is 7.26. The standard InChI is InChI=1S/C43H41BNO2/c1-26-11-9-10-12-32(26)36-22-28(19-20-45(36)8)27-13-16-33-29(21-27)23-39-40-41(33)47-38-18-15-31(43(5,6)7)25-35(38)44(40)34-24-30(42(2,3)4)14-17-37(34)46-39/h9-25H,1-8H3/q+1. The molecule has 47 heavy (non-hydrogen) atoms. The Balaban J connectivity index is 1.32. The minimum absolute atomic E-state index is 0.0203. The molecule has 3 nitrogen and oxygen atoms in total. The quantitative estimate of drug-likeness (QED) is 0.144. The highest BCUT2D eigenvalue weighted by Crippen LogP contribution is 2.42. The van der Waals surface area contributed by atoms with E-state index in [1.807, 2.05) is 0 Å². The van der Waals surface area contributed by atoms with Crippen LogP contribution in [0, 0.1) is 6.92 Å². The molecule has 0 fully saturated rings. The second kappa shape index (κ2) is 10.3. The van der Waals surface area contributed by atoms with Crippen molar-refractivity contribution < 1.29 is 14.0 Å². The monoisotopic (exact) mass is 614 g/mol. The average Bonchev–Trinajstić information content (AvgIpc) is 3.03. The van der Waals surface area contributed by atoms with Gasteiger partial charge in [-0.3, -0.25) is 0 Å². The number of rotatable bonds is 2. The van der Waals surface area contributed by atoms with Gasteiger partial charge in [0.05, 0.1) is 0 Å². The summed E-state index contributed by atoms with van der Waals surface area (Å²) in [5.74, 6) is 3.62. The zero-order valence-corrected chi connectivity index (χ0v) is 28.7. The van der Waals surface area contributed by atoms with E-state index in [1.165, 1.54) is 44.4 Å². The van der Waals surface area contributed by atoms with E-state index < -0.39 is 0 Å². The molecule has 4 heteroatoms. The lowest BCUT2D eigenvalue weighted by Crippen LogP contribution is -2.57. The fraction of sp³-hybridized carbons (Fsp3) is 0.233. The van der Waals surface area contributed by atoms with Crippen molar-refractivity contribution in [2.75, 3.05) is 0 Å². The molecule has 0 spiro atoms. The molecule has 232 valence electrons. The van der Waals surface area contributed by atoms with Gasteiger partial charge in [-0.2, -0.15) is 0 Å². The lowest BCUT2D eigenvalue weighted by Gasteiger charge is -2.35. The van der Waals surface area contributed by atoms with Crippen molar-refractivity contribution in [1.82, 2.24) is 0 Å². The number of benzene rings is 5. The second-order valence-electron chi connectivity index (χ2n) is 15.4. The maximum absolute atomic E-state index is 6.89. The predicted octanol–water partition coefficient (Wildman–Crippen LogP) is 8.63. The van der Waals surface area contributed by atoms with Crippen LogP contribution >= 0.6 is 0 Å². The highest BCUT2D eigenvalue weighted by molar-refractivity contribution is 6.98. The van der Waals surface area contributed by atoms with Crippen molar-refractivity contribution in [1.29, 1.82) is 0 Å². The Morgan fingerprint density at radius 2 is 1.26 bits per heavy atom. The number of hydrogen-bond acceptors (Lipinski definition) is 2. The van der Waals surface area contributed by atoms with Crippen LogP contribution in [-0.4, -0.2) is 6.71 Å². The first kappa shape index (κ1) is 29.6. The van der Waals surface area contributed by atoms with Crippen LogP contribution in [0.3, 0.4) is 0 Å². The molecule has 0 saturated carbocycles. The van der Waals surface area contributed by atoms with E-state index in [1.54, 1.807) is 0 Å². The first-order chi connectivity index (χ1) is 22.4. The van der Waals surface area contributed by atoms with Gasteiger partial charge in [-0.1, -0.05) is 96.1 Å². The van der Waals surface area contributed by atoms with Gasteiger partial charge >= 0.3 is 0 Å². The van der Waals surface area contributed by atoms with Crippen LogP contribution in [0.2, 0.25) is 0 Å². The lowest BCUT2D eigenvalue weighted by molar-refractivity contribution is -0.660. The molecule has 0 bridgehead atoms. The van der Waals surface area contributed by atoms with Gasteiger partial charge in [0, 0.05) is 28.5 Å². The Labute approximate surface area is 278 Å². The van der Waals surface area contributed by atoms with Crippen molar-refractivity contribution in [2.45, 2.75) is 59.3 Å². The molecule has 0 N–H and O–H groups in total. The summed E-state index contributed by atoms with van der Waals surface area (Å²) in [4.78, 5) is 0. The summed E-state index contributed by atoms with van der Waals surface area (Å²) in [5.41, 5.74) is 12.2. The molecule has 1 aromatic heterocycles. The first-order valence-electron chi connectivity index (χ1n) is 16.7. The summed E-state index contributed by atoms with van der Waals surface area (Å²) in [6, 6.07) is 35.5. The Bertz CT molecular complexity index is 2230. The minimum atomic E-state index is 0.0203. The maximum atomic E-state index is 6.89. The van der Waals surface area contributed by atoms with Crippen LogP contribution < -0.4 is 30.4 Å². The lowest BCUT2D eigenvalue weighted by atomic mass is 9.34. The van der Waals surface area contributed by atoms with E-state index in [4.69, 9.17) is 9.47 Å². The molecule has 0 aliphatic carbocycles. The zero-order valence-electron chi connectivity index (χ0n) is 28.7. The minimum Gasteiger partial charge on any atom is -0.458 e. The fourth-order valence-corrected chi connectivity index (χ4v) is 7.26. The Hall–Kier alpha value is -4.83. The molecule has 5 aromatic carbocycles.